The molecule has 3 heterocycles. The normalized spacial score (nSPS) is 29.9. The van der Waals surface area contributed by atoms with Crippen molar-refractivity contribution in [3.8, 4) is 17.4 Å². The number of fused-ring (bicyclic) bond motifs is 4. The predicted octanol–water partition coefficient (Wildman–Crippen LogP) is 5.31. The maximum Gasteiger partial charge on any atom is 0.408 e. The number of aromatic nitrogens is 1. The third-order valence-corrected chi connectivity index (χ3v) is 15.1. The number of rotatable bonds is 10. The van der Waals surface area contributed by atoms with E-state index in [0.717, 1.165) is 44.1 Å². The van der Waals surface area contributed by atoms with Gasteiger partial charge in [0, 0.05) is 35.4 Å². The molecule has 1 aromatic carbocycles. The lowest BCUT2D eigenvalue weighted by Gasteiger charge is -2.36. The molecule has 324 valence electrons. The van der Waals surface area contributed by atoms with Crippen LogP contribution in [0.1, 0.15) is 102 Å². The molecular weight excluding hydrogens is 791 g/mol. The second kappa shape index (κ2) is 17.3. The van der Waals surface area contributed by atoms with Gasteiger partial charge in [0.25, 0.3) is 5.91 Å². The van der Waals surface area contributed by atoms with Gasteiger partial charge in [0.1, 0.15) is 41.3 Å². The van der Waals surface area contributed by atoms with Gasteiger partial charge in [0.05, 0.1) is 31.0 Å². The predicted molar refractivity (Wildman–Crippen MR) is 223 cm³/mol. The zero-order chi connectivity index (χ0) is 42.2. The molecule has 2 aliphatic heterocycles. The van der Waals surface area contributed by atoms with Crippen molar-refractivity contribution < 1.29 is 46.5 Å². The van der Waals surface area contributed by atoms with E-state index in [4.69, 9.17) is 23.9 Å². The number of nitrogens with one attached hydrogen (secondary N) is 3. The second-order valence-electron chi connectivity index (χ2n) is 17.3. The van der Waals surface area contributed by atoms with E-state index in [1.165, 1.54) is 11.0 Å². The van der Waals surface area contributed by atoms with Crippen molar-refractivity contribution in [2.75, 3.05) is 20.3 Å². The number of ether oxygens (including phenoxy) is 4. The van der Waals surface area contributed by atoms with Crippen LogP contribution >= 0.6 is 0 Å². The van der Waals surface area contributed by atoms with Crippen molar-refractivity contribution >= 4 is 50.8 Å². The molecule has 1 saturated heterocycles. The number of benzene rings is 1. The molecule has 60 heavy (non-hydrogen) atoms. The average Bonchev–Trinajstić information content (AvgIpc) is 4.17. The number of carbonyl (C=O) groups is 4. The Morgan fingerprint density at radius 2 is 1.78 bits per heavy atom. The minimum atomic E-state index is -3.91. The zero-order valence-corrected chi connectivity index (χ0v) is 35.3. The van der Waals surface area contributed by atoms with Crippen LogP contribution in [-0.4, -0.2) is 97.5 Å². The molecule has 7 atom stereocenters. The van der Waals surface area contributed by atoms with Gasteiger partial charge in [-0.25, -0.2) is 18.2 Å². The summed E-state index contributed by atoms with van der Waals surface area (Å²) in [7, 11) is -2.32. The smallest absolute Gasteiger partial charge is 0.408 e. The molecule has 3 N–H and O–H groups in total. The highest BCUT2D eigenvalue weighted by Gasteiger charge is 2.62. The summed E-state index contributed by atoms with van der Waals surface area (Å²) in [6.07, 6.45) is 13.4. The third kappa shape index (κ3) is 8.66. The summed E-state index contributed by atoms with van der Waals surface area (Å²) in [5.41, 5.74) is -0.199. The fraction of sp³-hybridized carbons (Fsp3) is 0.614. The number of nitrogens with zero attached hydrogens (tertiary/aromatic N) is 2. The molecule has 8 rings (SSSR count). The standard InChI is InChI=1S/C44H57N5O10S/c1-4-29-24-44(29,42(52)48-60(54,55)31-18-19-31)47-40(50)34-21-30-25-49(34)41(51)39(27-13-7-6-8-14-27)46-43(53)59-35-17-10-9-12-26(35)15-11-16-28-20-32-33(22-36(28)56-3)45-38(57-5-2)23-37(32)58-30/h4,11,16,20,22-23,26-27,29-31,34-35,39H,1,5-10,12-15,17-19,21,24-25H2,2-3H3,(H,46,53)(H,47,50)(H,48,52)/t26-,29-,30-,34+,35+,39+,44-/m1/s1. The van der Waals surface area contributed by atoms with E-state index >= 15 is 4.79 Å². The highest BCUT2D eigenvalue weighted by Crippen LogP contribution is 2.46. The second-order valence-corrected chi connectivity index (χ2v) is 19.3. The monoisotopic (exact) mass is 847 g/mol. The van der Waals surface area contributed by atoms with E-state index in [9.17, 15) is 22.8 Å². The highest BCUT2D eigenvalue weighted by molar-refractivity contribution is 7.91. The lowest BCUT2D eigenvalue weighted by Crippen LogP contribution is -2.59. The quantitative estimate of drug-likeness (QED) is 0.263. The number of hydrogen-bond acceptors (Lipinski definition) is 11. The third-order valence-electron chi connectivity index (χ3n) is 13.3. The number of pyridine rings is 1. The van der Waals surface area contributed by atoms with Gasteiger partial charge >= 0.3 is 6.09 Å². The minimum absolute atomic E-state index is 0.0155. The van der Waals surface area contributed by atoms with Crippen molar-refractivity contribution in [2.45, 2.75) is 132 Å². The minimum Gasteiger partial charge on any atom is -0.496 e. The first-order valence-corrected chi connectivity index (χ1v) is 23.2. The number of alkyl carbamates (subject to hydrolysis) is 1. The molecule has 1 aromatic heterocycles. The Hall–Kier alpha value is -4.86. The number of sulfonamides is 1. The molecule has 4 aliphatic carbocycles. The molecule has 2 aromatic rings. The maximum absolute atomic E-state index is 15.1. The van der Waals surface area contributed by atoms with Gasteiger partial charge in [0.15, 0.2) is 0 Å². The van der Waals surface area contributed by atoms with Gasteiger partial charge in [-0.15, -0.1) is 6.58 Å². The van der Waals surface area contributed by atoms with E-state index in [1.807, 2.05) is 25.1 Å². The first-order chi connectivity index (χ1) is 28.9. The maximum atomic E-state index is 15.1. The van der Waals surface area contributed by atoms with E-state index in [-0.39, 0.29) is 37.3 Å². The van der Waals surface area contributed by atoms with Crippen LogP contribution in [0.25, 0.3) is 17.0 Å². The Balaban J connectivity index is 1.18. The summed E-state index contributed by atoms with van der Waals surface area (Å²) in [5, 5.41) is 5.89. The number of allylic oxidation sites excluding steroid dienone is 1. The van der Waals surface area contributed by atoms with Gasteiger partial charge in [-0.2, -0.15) is 0 Å². The van der Waals surface area contributed by atoms with Crippen LogP contribution in [0.2, 0.25) is 0 Å². The molecule has 4 saturated carbocycles. The lowest BCUT2D eigenvalue weighted by molar-refractivity contribution is -0.142. The van der Waals surface area contributed by atoms with Crippen molar-refractivity contribution in [2.24, 2.45) is 17.8 Å². The molecule has 6 aliphatic rings. The van der Waals surface area contributed by atoms with Crippen molar-refractivity contribution in [3.05, 3.63) is 42.5 Å². The molecule has 0 radical (unpaired) electrons. The Kier molecular flexibility index (Phi) is 12.0. The first kappa shape index (κ1) is 41.9. The molecule has 4 bridgehead atoms. The molecule has 16 heteroatoms. The van der Waals surface area contributed by atoms with Crippen LogP contribution in [0.4, 0.5) is 4.79 Å². The highest BCUT2D eigenvalue weighted by atomic mass is 32.2. The summed E-state index contributed by atoms with van der Waals surface area (Å²) >= 11 is 0. The Morgan fingerprint density at radius 1 is 1.03 bits per heavy atom. The molecule has 5 fully saturated rings. The topological polar surface area (TPSA) is 192 Å². The van der Waals surface area contributed by atoms with Crippen LogP contribution in [0, 0.1) is 17.8 Å². The summed E-state index contributed by atoms with van der Waals surface area (Å²) in [5.74, 6) is -1.18. The number of amides is 4. The van der Waals surface area contributed by atoms with Gasteiger partial charge < -0.3 is 34.5 Å². The fourth-order valence-corrected chi connectivity index (χ4v) is 11.1. The fourth-order valence-electron chi connectivity index (χ4n) is 9.71. The molecular formula is C44H57N5O10S. The lowest BCUT2D eigenvalue weighted by atomic mass is 9.83. The summed E-state index contributed by atoms with van der Waals surface area (Å²) < 4.78 is 52.5. The van der Waals surface area contributed by atoms with E-state index in [2.05, 4.69) is 28.0 Å². The summed E-state index contributed by atoms with van der Waals surface area (Å²) in [6, 6.07) is 3.36. The van der Waals surface area contributed by atoms with Crippen LogP contribution in [0.5, 0.6) is 17.4 Å². The zero-order valence-electron chi connectivity index (χ0n) is 34.5. The summed E-state index contributed by atoms with van der Waals surface area (Å²) in [6.45, 7) is 6.02. The van der Waals surface area contributed by atoms with E-state index in [1.54, 1.807) is 13.2 Å². The molecule has 4 amide bonds. The SMILES string of the molecule is C=C[C@@H]1C[C@]1(NC(=O)[C@@H]1C[C@@H]2CN1C(=O)[C@H](C1CCCCC1)NC(=O)O[C@H]1CCCC[C@@H]1CC=Cc1cc3c(cc(OCC)nc3cc1OC)O2)C(=O)NS(=O)(=O)C1CC1. The van der Waals surface area contributed by atoms with Crippen molar-refractivity contribution in [1.29, 1.82) is 0 Å². The van der Waals surface area contributed by atoms with E-state index in [0.29, 0.717) is 73.4 Å². The van der Waals surface area contributed by atoms with Gasteiger partial charge in [0.2, 0.25) is 27.7 Å². The van der Waals surface area contributed by atoms with Crippen LogP contribution in [-0.2, 0) is 29.1 Å². The van der Waals surface area contributed by atoms with Gasteiger partial charge in [-0.3, -0.25) is 19.1 Å². The Bertz CT molecular complexity index is 2150. The molecule has 15 nitrogen and oxygen atoms in total. The van der Waals surface area contributed by atoms with Crippen molar-refractivity contribution in [1.82, 2.24) is 25.2 Å². The summed E-state index contributed by atoms with van der Waals surface area (Å²) in [4.78, 5) is 63.5. The van der Waals surface area contributed by atoms with Crippen LogP contribution in [0.3, 0.4) is 0 Å². The Labute approximate surface area is 351 Å². The first-order valence-electron chi connectivity index (χ1n) is 21.7. The number of carbonyl (C=O) groups excluding carboxylic acids is 4. The number of hydrogen-bond donors (Lipinski definition) is 3. The Morgan fingerprint density at radius 3 is 2.50 bits per heavy atom. The molecule has 0 spiro atoms. The molecule has 0 unspecified atom stereocenters. The van der Waals surface area contributed by atoms with Crippen LogP contribution < -0.4 is 29.6 Å². The average molecular weight is 848 g/mol. The number of methoxy groups -OCH3 is 1. The van der Waals surface area contributed by atoms with E-state index < -0.39 is 68.7 Å². The van der Waals surface area contributed by atoms with Gasteiger partial charge in [-0.1, -0.05) is 43.9 Å². The van der Waals surface area contributed by atoms with Crippen molar-refractivity contribution in [3.63, 3.8) is 0 Å². The van der Waals surface area contributed by atoms with Crippen LogP contribution in [0.15, 0.2) is 36.9 Å². The largest absolute Gasteiger partial charge is 0.496 e. The van der Waals surface area contributed by atoms with Gasteiger partial charge in [-0.05, 0) is 82.6 Å².